The summed E-state index contributed by atoms with van der Waals surface area (Å²) in [4.78, 5) is 5.90. The molecule has 2 aromatic carbocycles. The quantitative estimate of drug-likeness (QED) is 0.380. The van der Waals surface area contributed by atoms with Gasteiger partial charge in [-0.2, -0.15) is 0 Å². The molecular weight excluding hydrogens is 442 g/mol. The second kappa shape index (κ2) is 9.50. The van der Waals surface area contributed by atoms with Gasteiger partial charge in [-0.25, -0.2) is 13.4 Å². The summed E-state index contributed by atoms with van der Waals surface area (Å²) < 4.78 is 28.7. The van der Waals surface area contributed by atoms with E-state index in [9.17, 15) is 13.5 Å². The lowest BCUT2D eigenvalue weighted by atomic mass is 10.1. The van der Waals surface area contributed by atoms with Crippen LogP contribution in [0.5, 0.6) is 5.75 Å². The van der Waals surface area contributed by atoms with E-state index >= 15 is 0 Å². The van der Waals surface area contributed by atoms with Crippen molar-refractivity contribution < 1.29 is 13.5 Å². The average molecular weight is 472 g/mol. The van der Waals surface area contributed by atoms with Gasteiger partial charge < -0.3 is 10.4 Å². The number of aromatic nitrogens is 1. The second-order valence-electron chi connectivity index (χ2n) is 8.40. The fraction of sp³-hybridized carbons (Fsp3) is 0.375. The molecule has 6 nitrogen and oxygen atoms in total. The number of phenolic OH excluding ortho intramolecular Hbond substituents is 1. The third-order valence-corrected chi connectivity index (χ3v) is 8.48. The third-order valence-electron chi connectivity index (χ3n) is 5.82. The fourth-order valence-corrected chi connectivity index (χ4v) is 6.50. The third kappa shape index (κ3) is 5.24. The van der Waals surface area contributed by atoms with E-state index in [4.69, 9.17) is 4.98 Å². The Kier molecular flexibility index (Phi) is 6.71. The van der Waals surface area contributed by atoms with Crippen LogP contribution in [0.3, 0.4) is 0 Å². The van der Waals surface area contributed by atoms with Crippen LogP contribution in [-0.2, 0) is 10.0 Å². The molecule has 170 valence electrons. The molecule has 0 atom stereocenters. The summed E-state index contributed by atoms with van der Waals surface area (Å²) in [5, 5.41) is 14.1. The summed E-state index contributed by atoms with van der Waals surface area (Å²) in [6.45, 7) is 3.74. The number of hydrogen-bond donors (Lipinski definition) is 3. The average Bonchev–Trinajstić information content (AvgIpc) is 2.92. The van der Waals surface area contributed by atoms with Gasteiger partial charge in [0.1, 0.15) is 5.75 Å². The van der Waals surface area contributed by atoms with Crippen molar-refractivity contribution in [1.29, 1.82) is 0 Å². The van der Waals surface area contributed by atoms with Gasteiger partial charge in [-0.15, -0.1) is 0 Å². The van der Waals surface area contributed by atoms with E-state index in [1.165, 1.54) is 50.7 Å². The molecule has 4 rings (SSSR count). The van der Waals surface area contributed by atoms with Gasteiger partial charge in [0.05, 0.1) is 21.2 Å². The summed E-state index contributed by atoms with van der Waals surface area (Å²) in [5.74, 6) is 0.00431. The second-order valence-corrected chi connectivity index (χ2v) is 11.1. The van der Waals surface area contributed by atoms with E-state index in [0.29, 0.717) is 17.3 Å². The predicted octanol–water partition coefficient (Wildman–Crippen LogP) is 6.07. The van der Waals surface area contributed by atoms with E-state index in [2.05, 4.69) is 10.0 Å². The van der Waals surface area contributed by atoms with Crippen LogP contribution in [0.4, 0.5) is 10.8 Å². The van der Waals surface area contributed by atoms with Crippen LogP contribution < -0.4 is 10.0 Å². The Morgan fingerprint density at radius 1 is 1.03 bits per heavy atom. The van der Waals surface area contributed by atoms with Crippen LogP contribution in [0.15, 0.2) is 47.4 Å². The first-order valence-electron chi connectivity index (χ1n) is 11.0. The Labute approximate surface area is 193 Å². The Morgan fingerprint density at radius 3 is 2.50 bits per heavy atom. The standard InChI is InChI=1S/C24H29N3O3S2/c1-16-12-13-18(14-22(16)32(29,30)27-20-10-7-11-21(28)15-20)23-17(2)25-24(31-23)26-19-8-5-3-4-6-9-19/h7,10-15,19,27-28H,3-6,8-9H2,1-2H3,(H,25,26). The lowest BCUT2D eigenvalue weighted by Gasteiger charge is -2.14. The molecule has 0 amide bonds. The van der Waals surface area contributed by atoms with Crippen molar-refractivity contribution >= 4 is 32.2 Å². The number of rotatable bonds is 6. The number of anilines is 2. The molecule has 0 bridgehead atoms. The van der Waals surface area contributed by atoms with Gasteiger partial charge in [0.15, 0.2) is 5.13 Å². The zero-order valence-corrected chi connectivity index (χ0v) is 20.0. The molecule has 0 saturated heterocycles. The molecule has 1 fully saturated rings. The molecule has 3 aromatic rings. The largest absolute Gasteiger partial charge is 0.508 e. The maximum absolute atomic E-state index is 13.1. The first-order valence-corrected chi connectivity index (χ1v) is 13.3. The van der Waals surface area contributed by atoms with Crippen LogP contribution in [0.2, 0.25) is 0 Å². The van der Waals surface area contributed by atoms with Crippen LogP contribution in [0.25, 0.3) is 10.4 Å². The van der Waals surface area contributed by atoms with E-state index in [0.717, 1.165) is 21.3 Å². The number of phenols is 1. The molecule has 1 saturated carbocycles. The molecule has 1 aromatic heterocycles. The number of thiazole rings is 1. The molecule has 1 heterocycles. The normalized spacial score (nSPS) is 15.3. The van der Waals surface area contributed by atoms with Gasteiger partial charge in [-0.1, -0.05) is 55.2 Å². The minimum absolute atomic E-state index is 0.00431. The van der Waals surface area contributed by atoms with Gasteiger partial charge in [0.25, 0.3) is 10.0 Å². The monoisotopic (exact) mass is 471 g/mol. The molecule has 1 aliphatic carbocycles. The lowest BCUT2D eigenvalue weighted by Crippen LogP contribution is -2.17. The fourth-order valence-electron chi connectivity index (χ4n) is 4.13. The molecular formula is C24H29N3O3S2. The van der Waals surface area contributed by atoms with Crippen molar-refractivity contribution in [2.24, 2.45) is 0 Å². The molecule has 0 radical (unpaired) electrons. The molecule has 1 aliphatic rings. The number of aryl methyl sites for hydroxylation is 2. The Bertz CT molecular complexity index is 1200. The molecule has 0 spiro atoms. The molecule has 8 heteroatoms. The van der Waals surface area contributed by atoms with Crippen molar-refractivity contribution in [3.63, 3.8) is 0 Å². The summed E-state index contributed by atoms with van der Waals surface area (Å²) in [5.41, 5.74) is 2.69. The van der Waals surface area contributed by atoms with E-state index in [1.807, 2.05) is 19.1 Å². The highest BCUT2D eigenvalue weighted by molar-refractivity contribution is 7.92. The van der Waals surface area contributed by atoms with Gasteiger partial charge >= 0.3 is 0 Å². The van der Waals surface area contributed by atoms with E-state index < -0.39 is 10.0 Å². The number of aromatic hydroxyl groups is 1. The van der Waals surface area contributed by atoms with Crippen LogP contribution in [0, 0.1) is 13.8 Å². The number of nitrogens with zero attached hydrogens (tertiary/aromatic N) is 1. The number of nitrogens with one attached hydrogen (secondary N) is 2. The summed E-state index contributed by atoms with van der Waals surface area (Å²) in [6.07, 6.45) is 7.44. The minimum Gasteiger partial charge on any atom is -0.508 e. The highest BCUT2D eigenvalue weighted by Crippen LogP contribution is 2.36. The van der Waals surface area contributed by atoms with Crippen molar-refractivity contribution in [3.8, 4) is 16.2 Å². The van der Waals surface area contributed by atoms with Crippen LogP contribution >= 0.6 is 11.3 Å². The summed E-state index contributed by atoms with van der Waals surface area (Å²) >= 11 is 1.57. The van der Waals surface area contributed by atoms with Gasteiger partial charge in [-0.3, -0.25) is 4.72 Å². The first-order chi connectivity index (χ1) is 15.3. The maximum atomic E-state index is 13.1. The molecule has 3 N–H and O–H groups in total. The van der Waals surface area contributed by atoms with Crippen LogP contribution in [0.1, 0.15) is 49.8 Å². The highest BCUT2D eigenvalue weighted by Gasteiger charge is 2.21. The van der Waals surface area contributed by atoms with E-state index in [-0.39, 0.29) is 10.6 Å². The Morgan fingerprint density at radius 2 is 1.78 bits per heavy atom. The summed E-state index contributed by atoms with van der Waals surface area (Å²) in [6, 6.07) is 12.0. The maximum Gasteiger partial charge on any atom is 0.262 e. The molecule has 0 aliphatic heterocycles. The number of benzene rings is 2. The van der Waals surface area contributed by atoms with Crippen LogP contribution in [-0.4, -0.2) is 24.6 Å². The van der Waals surface area contributed by atoms with Crippen molar-refractivity contribution in [1.82, 2.24) is 4.98 Å². The predicted molar refractivity (Wildman–Crippen MR) is 131 cm³/mol. The summed E-state index contributed by atoms with van der Waals surface area (Å²) in [7, 11) is -3.82. The highest BCUT2D eigenvalue weighted by atomic mass is 32.2. The number of sulfonamides is 1. The molecule has 32 heavy (non-hydrogen) atoms. The topological polar surface area (TPSA) is 91.3 Å². The minimum atomic E-state index is -3.82. The smallest absolute Gasteiger partial charge is 0.262 e. The van der Waals surface area contributed by atoms with Crippen molar-refractivity contribution in [2.75, 3.05) is 10.0 Å². The van der Waals surface area contributed by atoms with Gasteiger partial charge in [-0.05, 0) is 56.0 Å². The van der Waals surface area contributed by atoms with Gasteiger partial charge in [0, 0.05) is 12.1 Å². The zero-order chi connectivity index (χ0) is 22.7. The van der Waals surface area contributed by atoms with E-state index in [1.54, 1.807) is 36.5 Å². The first kappa shape index (κ1) is 22.6. The Balaban J connectivity index is 1.60. The zero-order valence-electron chi connectivity index (χ0n) is 18.4. The SMILES string of the molecule is Cc1ccc(-c2sc(NC3CCCCCC3)nc2C)cc1S(=O)(=O)Nc1cccc(O)c1. The number of hydrogen-bond acceptors (Lipinski definition) is 6. The molecule has 0 unspecified atom stereocenters. The van der Waals surface area contributed by atoms with Gasteiger partial charge in [0.2, 0.25) is 0 Å². The Hall–Kier alpha value is -2.58. The van der Waals surface area contributed by atoms with Crippen molar-refractivity contribution in [2.45, 2.75) is 63.3 Å². The van der Waals surface area contributed by atoms with Crippen molar-refractivity contribution in [3.05, 3.63) is 53.7 Å². The lowest BCUT2D eigenvalue weighted by molar-refractivity contribution is 0.475.